The number of nitrogens with one attached hydrogen (secondary N) is 4. The minimum Gasteiger partial charge on any atom is -0.508 e. The predicted molar refractivity (Wildman–Crippen MR) is 193 cm³/mol. The molecular formula is C39H42N4O8. The van der Waals surface area contributed by atoms with Gasteiger partial charge in [0.05, 0.1) is 12.3 Å². The van der Waals surface area contributed by atoms with E-state index in [0.717, 1.165) is 5.56 Å². The second kappa shape index (κ2) is 18.0. The van der Waals surface area contributed by atoms with Crippen molar-refractivity contribution < 1.29 is 39.3 Å². The number of aliphatic carboxylic acids is 2. The summed E-state index contributed by atoms with van der Waals surface area (Å²) in [5.74, 6) is -3.98. The monoisotopic (exact) mass is 694 g/mol. The second-order valence-electron chi connectivity index (χ2n) is 12.6. The molecule has 0 spiro atoms. The molecule has 0 saturated heterocycles. The average Bonchev–Trinajstić information content (AvgIpc) is 3.09. The summed E-state index contributed by atoms with van der Waals surface area (Å²) in [6, 6.07) is 25.3. The molecule has 266 valence electrons. The fourth-order valence-corrected chi connectivity index (χ4v) is 5.60. The zero-order valence-electron chi connectivity index (χ0n) is 28.3. The van der Waals surface area contributed by atoms with Crippen molar-refractivity contribution in [1.82, 2.24) is 10.6 Å². The van der Waals surface area contributed by atoms with Gasteiger partial charge in [0.2, 0.25) is 11.8 Å². The van der Waals surface area contributed by atoms with E-state index in [-0.39, 0.29) is 30.9 Å². The summed E-state index contributed by atoms with van der Waals surface area (Å²) in [7, 11) is 0. The summed E-state index contributed by atoms with van der Waals surface area (Å²) < 4.78 is 0. The number of phenols is 1. The number of hydrogen-bond acceptors (Lipinski definition) is 6. The topological polar surface area (TPSA) is 194 Å². The molecule has 12 nitrogen and oxygen atoms in total. The lowest BCUT2D eigenvalue weighted by atomic mass is 9.88. The maximum atomic E-state index is 13.7. The van der Waals surface area contributed by atoms with Gasteiger partial charge in [0.1, 0.15) is 17.8 Å². The molecule has 0 fully saturated rings. The molecule has 7 N–H and O–H groups in total. The molecular weight excluding hydrogens is 652 g/mol. The Bertz CT molecular complexity index is 1810. The first kappa shape index (κ1) is 37.6. The number of benzene rings is 4. The van der Waals surface area contributed by atoms with Crippen molar-refractivity contribution in [1.29, 1.82) is 0 Å². The van der Waals surface area contributed by atoms with Crippen molar-refractivity contribution in [2.75, 3.05) is 10.6 Å². The minimum absolute atomic E-state index is 0.00647. The molecule has 4 aromatic carbocycles. The number of carbonyl (C=O) groups is 5. The first-order chi connectivity index (χ1) is 24.4. The third kappa shape index (κ3) is 11.7. The molecule has 0 aliphatic rings. The Morgan fingerprint density at radius 1 is 0.627 bits per heavy atom. The van der Waals surface area contributed by atoms with E-state index in [2.05, 4.69) is 21.3 Å². The fourth-order valence-electron chi connectivity index (χ4n) is 5.60. The van der Waals surface area contributed by atoms with Crippen LogP contribution in [0.2, 0.25) is 0 Å². The van der Waals surface area contributed by atoms with E-state index in [9.17, 15) is 39.3 Å². The van der Waals surface area contributed by atoms with Crippen LogP contribution < -0.4 is 21.3 Å². The zero-order chi connectivity index (χ0) is 36.9. The van der Waals surface area contributed by atoms with Crippen LogP contribution in [-0.4, -0.2) is 57.2 Å². The maximum Gasteiger partial charge on any atom is 0.326 e. The van der Waals surface area contributed by atoms with Crippen LogP contribution in [0.25, 0.3) is 0 Å². The Morgan fingerprint density at radius 2 is 1.12 bits per heavy atom. The number of carbonyl (C=O) groups excluding carboxylic acids is 3. The Balaban J connectivity index is 1.44. The standard InChI is InChI=1S/C39H42N4O8/c1-24(2)20-32(26-12-14-29(15-13-26)40-39(51)41-30-16-18-31(44)19-17-30)36(46)43-34(38(49)50)23-28-11-7-6-10-27(28)22-33(37(47)48)42-35(45)21-25-8-4-3-5-9-25/h3-19,24,32-34,44H,20-23H2,1-2H3,(H,42,45)(H,43,46)(H,47,48)(H,49,50)(H2,40,41,51). The number of hydrogen-bond donors (Lipinski definition) is 7. The van der Waals surface area contributed by atoms with Gasteiger partial charge in [0.25, 0.3) is 0 Å². The van der Waals surface area contributed by atoms with E-state index in [1.54, 1.807) is 84.9 Å². The van der Waals surface area contributed by atoms with Gasteiger partial charge in [-0.1, -0.05) is 80.6 Å². The van der Waals surface area contributed by atoms with Gasteiger partial charge < -0.3 is 36.6 Å². The van der Waals surface area contributed by atoms with Crippen molar-refractivity contribution >= 4 is 41.2 Å². The number of phenolic OH excluding ortho intramolecular Hbond substituents is 1. The van der Waals surface area contributed by atoms with Gasteiger partial charge >= 0.3 is 18.0 Å². The molecule has 0 aromatic heterocycles. The zero-order valence-corrected chi connectivity index (χ0v) is 28.3. The van der Waals surface area contributed by atoms with Crippen molar-refractivity contribution in [3.05, 3.63) is 125 Å². The van der Waals surface area contributed by atoms with Crippen LogP contribution in [0.4, 0.5) is 16.2 Å². The lowest BCUT2D eigenvalue weighted by Gasteiger charge is -2.23. The first-order valence-electron chi connectivity index (χ1n) is 16.5. The van der Waals surface area contributed by atoms with Gasteiger partial charge in [0.15, 0.2) is 0 Å². The Kier molecular flexibility index (Phi) is 13.3. The predicted octanol–water partition coefficient (Wildman–Crippen LogP) is 5.33. The lowest BCUT2D eigenvalue weighted by Crippen LogP contribution is -2.45. The molecule has 51 heavy (non-hydrogen) atoms. The molecule has 0 saturated carbocycles. The van der Waals surface area contributed by atoms with Crippen molar-refractivity contribution in [3.8, 4) is 5.75 Å². The van der Waals surface area contributed by atoms with Gasteiger partial charge in [-0.05, 0) is 71.0 Å². The van der Waals surface area contributed by atoms with Crippen molar-refractivity contribution in [2.45, 2.75) is 57.5 Å². The van der Waals surface area contributed by atoms with E-state index in [1.165, 1.54) is 12.1 Å². The van der Waals surface area contributed by atoms with Crippen LogP contribution in [-0.2, 0) is 38.4 Å². The summed E-state index contributed by atoms with van der Waals surface area (Å²) in [4.78, 5) is 63.4. The summed E-state index contributed by atoms with van der Waals surface area (Å²) in [6.07, 6.45) is 0.225. The molecule has 0 aliphatic carbocycles. The van der Waals surface area contributed by atoms with Crippen LogP contribution in [0.15, 0.2) is 103 Å². The SMILES string of the molecule is CC(C)CC(C(=O)NC(Cc1ccccc1CC(NC(=O)Cc1ccccc1)C(=O)O)C(=O)O)c1ccc(NC(=O)Nc2ccc(O)cc2)cc1. The summed E-state index contributed by atoms with van der Waals surface area (Å²) in [6.45, 7) is 3.90. The summed E-state index contributed by atoms with van der Waals surface area (Å²) >= 11 is 0. The normalized spacial score (nSPS) is 12.6. The van der Waals surface area contributed by atoms with Gasteiger partial charge in [-0.2, -0.15) is 0 Å². The molecule has 4 rings (SSSR count). The molecule has 3 atom stereocenters. The number of urea groups is 1. The van der Waals surface area contributed by atoms with Crippen LogP contribution in [0.1, 0.15) is 48.4 Å². The Labute approximate surface area is 295 Å². The molecule has 0 bridgehead atoms. The highest BCUT2D eigenvalue weighted by Crippen LogP contribution is 2.26. The Morgan fingerprint density at radius 3 is 1.63 bits per heavy atom. The number of amides is 4. The molecule has 0 aliphatic heterocycles. The van der Waals surface area contributed by atoms with Crippen LogP contribution in [0.3, 0.4) is 0 Å². The van der Waals surface area contributed by atoms with Gasteiger partial charge in [-0.3, -0.25) is 9.59 Å². The molecule has 12 heteroatoms. The summed E-state index contributed by atoms with van der Waals surface area (Å²) in [5.41, 5.74) is 3.37. The molecule has 4 amide bonds. The van der Waals surface area contributed by atoms with Gasteiger partial charge in [-0.25, -0.2) is 14.4 Å². The average molecular weight is 695 g/mol. The van der Waals surface area contributed by atoms with Gasteiger partial charge in [-0.15, -0.1) is 0 Å². The van der Waals surface area contributed by atoms with Gasteiger partial charge in [0, 0.05) is 24.2 Å². The summed E-state index contributed by atoms with van der Waals surface area (Å²) in [5, 5.41) is 40.1. The van der Waals surface area contributed by atoms with Crippen molar-refractivity contribution in [3.63, 3.8) is 0 Å². The second-order valence-corrected chi connectivity index (χ2v) is 12.6. The third-order valence-corrected chi connectivity index (χ3v) is 8.14. The number of carboxylic acids is 2. The lowest BCUT2D eigenvalue weighted by molar-refractivity contribution is -0.142. The van der Waals surface area contributed by atoms with E-state index in [0.29, 0.717) is 34.5 Å². The van der Waals surface area contributed by atoms with Crippen LogP contribution >= 0.6 is 0 Å². The maximum absolute atomic E-state index is 13.7. The Hall–Kier alpha value is -6.17. The van der Waals surface area contributed by atoms with E-state index in [1.807, 2.05) is 19.9 Å². The number of anilines is 2. The van der Waals surface area contributed by atoms with E-state index in [4.69, 9.17) is 0 Å². The van der Waals surface area contributed by atoms with Crippen LogP contribution in [0.5, 0.6) is 5.75 Å². The number of aromatic hydroxyl groups is 1. The van der Waals surface area contributed by atoms with Crippen LogP contribution in [0, 0.1) is 5.92 Å². The first-order valence-corrected chi connectivity index (χ1v) is 16.5. The highest BCUT2D eigenvalue weighted by molar-refractivity contribution is 5.99. The quantitative estimate of drug-likeness (QED) is 0.0765. The fraction of sp³-hybridized carbons (Fsp3) is 0.256. The highest BCUT2D eigenvalue weighted by atomic mass is 16.4. The molecule has 0 heterocycles. The molecule has 3 unspecified atom stereocenters. The van der Waals surface area contributed by atoms with E-state index < -0.39 is 47.8 Å². The van der Waals surface area contributed by atoms with Crippen molar-refractivity contribution in [2.24, 2.45) is 5.92 Å². The third-order valence-electron chi connectivity index (χ3n) is 8.14. The highest BCUT2D eigenvalue weighted by Gasteiger charge is 2.29. The minimum atomic E-state index is -1.33. The number of rotatable bonds is 16. The number of carboxylic acid groups (broad SMARTS) is 2. The molecule has 4 aromatic rings. The molecule has 0 radical (unpaired) electrons. The smallest absolute Gasteiger partial charge is 0.326 e. The van der Waals surface area contributed by atoms with E-state index >= 15 is 0 Å². The largest absolute Gasteiger partial charge is 0.508 e.